The van der Waals surface area contributed by atoms with Gasteiger partial charge in [-0.2, -0.15) is 0 Å². The highest BCUT2D eigenvalue weighted by molar-refractivity contribution is 5.39. The Balaban J connectivity index is 2.07. The third-order valence-electron chi connectivity index (χ3n) is 4.36. The summed E-state index contributed by atoms with van der Waals surface area (Å²) in [5.74, 6) is 0. The van der Waals surface area contributed by atoms with Crippen LogP contribution < -0.4 is 5.32 Å². The van der Waals surface area contributed by atoms with Crippen LogP contribution in [0.2, 0.25) is 0 Å². The maximum Gasteiger partial charge on any atom is 0.106 e. The fraction of sp³-hybridized carbons (Fsp3) is 0.333. The van der Waals surface area contributed by atoms with Crippen LogP contribution in [0.25, 0.3) is 0 Å². The van der Waals surface area contributed by atoms with Crippen molar-refractivity contribution in [3.63, 3.8) is 0 Å². The predicted octanol–water partition coefficient (Wildman–Crippen LogP) is 3.09. The van der Waals surface area contributed by atoms with Crippen molar-refractivity contribution in [2.24, 2.45) is 0 Å². The fourth-order valence-corrected chi connectivity index (χ4v) is 3.30. The highest BCUT2D eigenvalue weighted by Crippen LogP contribution is 2.39. The molecule has 1 aliphatic heterocycles. The summed E-state index contributed by atoms with van der Waals surface area (Å²) in [6, 6.07) is 16.4. The largest absolute Gasteiger partial charge is 0.383 e. The van der Waals surface area contributed by atoms with Gasteiger partial charge in [-0.05, 0) is 49.1 Å². The third kappa shape index (κ3) is 2.15. The molecule has 2 unspecified atom stereocenters. The monoisotopic (exact) mass is 267 g/mol. The van der Waals surface area contributed by atoms with Crippen molar-refractivity contribution in [3.8, 4) is 0 Å². The van der Waals surface area contributed by atoms with Crippen molar-refractivity contribution in [2.75, 3.05) is 6.54 Å². The molecular weight excluding hydrogens is 246 g/mol. The zero-order valence-electron chi connectivity index (χ0n) is 12.1. The fourth-order valence-electron chi connectivity index (χ4n) is 3.30. The van der Waals surface area contributed by atoms with Gasteiger partial charge in [0, 0.05) is 0 Å². The highest BCUT2D eigenvalue weighted by Gasteiger charge is 2.37. The Morgan fingerprint density at radius 3 is 2.60 bits per heavy atom. The maximum atomic E-state index is 11.2. The summed E-state index contributed by atoms with van der Waals surface area (Å²) in [5, 5.41) is 14.7. The lowest BCUT2D eigenvalue weighted by atomic mass is 9.79. The molecule has 0 aliphatic carbocycles. The molecule has 0 aromatic heterocycles. The van der Waals surface area contributed by atoms with Crippen molar-refractivity contribution in [2.45, 2.75) is 31.9 Å². The molecule has 3 rings (SSSR count). The van der Waals surface area contributed by atoms with Gasteiger partial charge in [0.2, 0.25) is 0 Å². The Hall–Kier alpha value is -1.64. The van der Waals surface area contributed by atoms with Crippen molar-refractivity contribution >= 4 is 0 Å². The number of hydrogen-bond donors (Lipinski definition) is 2. The molecule has 2 heteroatoms. The van der Waals surface area contributed by atoms with Crippen LogP contribution in [0.5, 0.6) is 0 Å². The summed E-state index contributed by atoms with van der Waals surface area (Å²) >= 11 is 0. The number of benzene rings is 2. The molecule has 0 saturated carbocycles. The summed E-state index contributed by atoms with van der Waals surface area (Å²) in [4.78, 5) is 0. The Morgan fingerprint density at radius 2 is 1.80 bits per heavy atom. The van der Waals surface area contributed by atoms with E-state index in [0.717, 1.165) is 24.1 Å². The molecule has 2 nitrogen and oxygen atoms in total. The Kier molecular flexibility index (Phi) is 3.36. The Bertz CT molecular complexity index is 618. The van der Waals surface area contributed by atoms with Gasteiger partial charge < -0.3 is 10.4 Å². The van der Waals surface area contributed by atoms with Gasteiger partial charge in [0.1, 0.15) is 5.60 Å². The van der Waals surface area contributed by atoms with E-state index >= 15 is 0 Å². The summed E-state index contributed by atoms with van der Waals surface area (Å²) < 4.78 is 0. The van der Waals surface area contributed by atoms with Gasteiger partial charge in [0.15, 0.2) is 0 Å². The summed E-state index contributed by atoms with van der Waals surface area (Å²) in [5.41, 5.74) is 3.76. The van der Waals surface area contributed by atoms with E-state index in [-0.39, 0.29) is 6.04 Å². The normalized spacial score (nSPS) is 21.1. The van der Waals surface area contributed by atoms with E-state index in [4.69, 9.17) is 0 Å². The first-order valence-corrected chi connectivity index (χ1v) is 7.20. The number of aryl methyl sites for hydroxylation is 1. The third-order valence-corrected chi connectivity index (χ3v) is 4.36. The lowest BCUT2D eigenvalue weighted by Gasteiger charge is -2.39. The molecule has 20 heavy (non-hydrogen) atoms. The maximum absolute atomic E-state index is 11.2. The minimum absolute atomic E-state index is 0.0615. The van der Waals surface area contributed by atoms with Crippen LogP contribution in [-0.4, -0.2) is 11.7 Å². The van der Waals surface area contributed by atoms with Crippen LogP contribution in [0, 0.1) is 6.92 Å². The quantitative estimate of drug-likeness (QED) is 0.876. The minimum atomic E-state index is -0.915. The molecule has 0 bridgehead atoms. The van der Waals surface area contributed by atoms with Gasteiger partial charge in [-0.25, -0.2) is 0 Å². The second kappa shape index (κ2) is 5.04. The molecule has 104 valence electrons. The second-order valence-electron chi connectivity index (χ2n) is 5.80. The molecule has 2 N–H and O–H groups in total. The van der Waals surface area contributed by atoms with Crippen molar-refractivity contribution in [1.82, 2.24) is 5.32 Å². The molecular formula is C18H21NO. The van der Waals surface area contributed by atoms with E-state index in [9.17, 15) is 5.11 Å². The van der Waals surface area contributed by atoms with Crippen LogP contribution in [-0.2, 0) is 12.0 Å². The number of aliphatic hydroxyl groups is 1. The molecule has 0 spiro atoms. The number of nitrogens with one attached hydrogen (secondary N) is 1. The first kappa shape index (κ1) is 13.3. The molecule has 0 radical (unpaired) electrons. The highest BCUT2D eigenvalue weighted by atomic mass is 16.3. The van der Waals surface area contributed by atoms with Crippen LogP contribution in [0.15, 0.2) is 48.5 Å². The van der Waals surface area contributed by atoms with Crippen molar-refractivity contribution < 1.29 is 5.11 Å². The van der Waals surface area contributed by atoms with Crippen LogP contribution in [0.1, 0.15) is 35.2 Å². The van der Waals surface area contributed by atoms with E-state index in [1.807, 2.05) is 31.2 Å². The minimum Gasteiger partial charge on any atom is -0.383 e. The van der Waals surface area contributed by atoms with Crippen LogP contribution in [0.4, 0.5) is 0 Å². The topological polar surface area (TPSA) is 32.3 Å². The lowest BCUT2D eigenvalue weighted by Crippen LogP contribution is -2.43. The SMILES string of the molecule is Cc1ccccc1C(C)(O)C1NCCc2ccccc21. The smallest absolute Gasteiger partial charge is 0.106 e. The zero-order valence-corrected chi connectivity index (χ0v) is 12.1. The number of hydrogen-bond acceptors (Lipinski definition) is 2. The van der Waals surface area contributed by atoms with Gasteiger partial charge in [-0.1, -0.05) is 48.5 Å². The lowest BCUT2D eigenvalue weighted by molar-refractivity contribution is 0.0113. The molecule has 0 amide bonds. The average Bonchev–Trinajstić information content (AvgIpc) is 2.47. The molecule has 1 heterocycles. The molecule has 2 atom stereocenters. The Labute approximate surface area is 120 Å². The molecule has 0 fully saturated rings. The Morgan fingerprint density at radius 1 is 1.10 bits per heavy atom. The van der Waals surface area contributed by atoms with E-state index in [1.165, 1.54) is 11.1 Å². The van der Waals surface area contributed by atoms with Crippen LogP contribution >= 0.6 is 0 Å². The molecule has 2 aromatic carbocycles. The van der Waals surface area contributed by atoms with Gasteiger partial charge in [-0.15, -0.1) is 0 Å². The first-order valence-electron chi connectivity index (χ1n) is 7.20. The van der Waals surface area contributed by atoms with Crippen molar-refractivity contribution in [1.29, 1.82) is 0 Å². The summed E-state index contributed by atoms with van der Waals surface area (Å²) in [7, 11) is 0. The average molecular weight is 267 g/mol. The van der Waals surface area contributed by atoms with Gasteiger partial charge in [0.25, 0.3) is 0 Å². The number of rotatable bonds is 2. The summed E-state index contributed by atoms with van der Waals surface area (Å²) in [6.07, 6.45) is 1.02. The van der Waals surface area contributed by atoms with Gasteiger partial charge in [0.05, 0.1) is 6.04 Å². The standard InChI is InChI=1S/C18H21NO/c1-13-7-3-6-10-16(13)18(2,20)17-15-9-5-4-8-14(15)11-12-19-17/h3-10,17,19-20H,11-12H2,1-2H3. The van der Waals surface area contributed by atoms with Crippen molar-refractivity contribution in [3.05, 3.63) is 70.8 Å². The molecule has 1 aliphatic rings. The molecule has 2 aromatic rings. The van der Waals surface area contributed by atoms with Gasteiger partial charge >= 0.3 is 0 Å². The number of fused-ring (bicyclic) bond motifs is 1. The van der Waals surface area contributed by atoms with E-state index in [2.05, 4.69) is 36.5 Å². The zero-order chi connectivity index (χ0) is 14.2. The summed E-state index contributed by atoms with van der Waals surface area (Å²) in [6.45, 7) is 4.87. The van der Waals surface area contributed by atoms with Gasteiger partial charge in [-0.3, -0.25) is 0 Å². The van der Waals surface area contributed by atoms with E-state index < -0.39 is 5.60 Å². The first-order chi connectivity index (χ1) is 9.60. The van der Waals surface area contributed by atoms with E-state index in [1.54, 1.807) is 0 Å². The molecule has 0 saturated heterocycles. The van der Waals surface area contributed by atoms with E-state index in [0.29, 0.717) is 0 Å². The van der Waals surface area contributed by atoms with Crippen LogP contribution in [0.3, 0.4) is 0 Å². The second-order valence-corrected chi connectivity index (χ2v) is 5.80. The predicted molar refractivity (Wildman–Crippen MR) is 81.6 cm³/mol.